The number of nitrogens with zero attached hydrogens (tertiary/aromatic N) is 4. The highest BCUT2D eigenvalue weighted by atomic mass is 16.5. The Balaban J connectivity index is 0.953. The molecule has 1 aromatic heterocycles. The average molecular weight is 584 g/mol. The molecule has 5 heterocycles. The number of nitrogens with one attached hydrogen (secondary N) is 1. The Bertz CT molecular complexity index is 1580. The minimum absolute atomic E-state index is 0.0616. The molecule has 10 nitrogen and oxygen atoms in total. The molecule has 3 fully saturated rings. The van der Waals surface area contributed by atoms with Crippen LogP contribution in [0.1, 0.15) is 53.6 Å². The van der Waals surface area contributed by atoms with Gasteiger partial charge in [0.05, 0.1) is 11.6 Å². The van der Waals surface area contributed by atoms with Gasteiger partial charge in [-0.1, -0.05) is 6.07 Å². The smallest absolute Gasteiger partial charge is 0.255 e. The first-order valence-corrected chi connectivity index (χ1v) is 15.3. The second-order valence-electron chi connectivity index (χ2n) is 12.1. The molecule has 4 aliphatic heterocycles. The molecule has 3 aromatic rings. The second kappa shape index (κ2) is 11.6. The molecule has 1 unspecified atom stereocenters. The van der Waals surface area contributed by atoms with Gasteiger partial charge < -0.3 is 19.3 Å². The van der Waals surface area contributed by atoms with Crippen LogP contribution in [0.5, 0.6) is 5.75 Å². The highest BCUT2D eigenvalue weighted by molar-refractivity contribution is 6.05. The maximum Gasteiger partial charge on any atom is 0.255 e. The number of benzene rings is 2. The van der Waals surface area contributed by atoms with Gasteiger partial charge in [-0.2, -0.15) is 0 Å². The van der Waals surface area contributed by atoms with E-state index in [2.05, 4.69) is 45.4 Å². The van der Waals surface area contributed by atoms with Crippen LogP contribution in [0.15, 0.2) is 48.5 Å². The van der Waals surface area contributed by atoms with Crippen LogP contribution in [-0.2, 0) is 27.4 Å². The Morgan fingerprint density at radius 3 is 2.72 bits per heavy atom. The molecule has 3 saturated heterocycles. The van der Waals surface area contributed by atoms with Gasteiger partial charge in [0, 0.05) is 63.7 Å². The third-order valence-electron chi connectivity index (χ3n) is 9.21. The zero-order valence-electron chi connectivity index (χ0n) is 24.5. The van der Waals surface area contributed by atoms with E-state index in [4.69, 9.17) is 14.5 Å². The Morgan fingerprint density at radius 2 is 1.86 bits per heavy atom. The van der Waals surface area contributed by atoms with Crippen molar-refractivity contribution in [2.45, 2.75) is 63.4 Å². The summed E-state index contributed by atoms with van der Waals surface area (Å²) in [5, 5.41) is 3.50. The number of imide groups is 1. The number of likely N-dealkylation sites (tertiary alicyclic amines) is 1. The lowest BCUT2D eigenvalue weighted by Crippen LogP contribution is -2.52. The van der Waals surface area contributed by atoms with Crippen molar-refractivity contribution in [3.05, 3.63) is 65.2 Å². The molecule has 3 atom stereocenters. The summed E-state index contributed by atoms with van der Waals surface area (Å²) in [4.78, 5) is 48.1. The summed E-state index contributed by atoms with van der Waals surface area (Å²) in [6.07, 6.45) is 4.08. The number of piperidine rings is 2. The molecule has 7 rings (SSSR count). The number of amides is 3. The van der Waals surface area contributed by atoms with E-state index < -0.39 is 11.9 Å². The number of ether oxygens (including phenoxy) is 2. The third-order valence-corrected chi connectivity index (χ3v) is 9.21. The Kier molecular flexibility index (Phi) is 7.48. The molecule has 0 aliphatic carbocycles. The largest absolute Gasteiger partial charge is 0.489 e. The molecule has 4 aliphatic rings. The number of methoxy groups -OCH3 is 1. The number of hydrogen-bond acceptors (Lipinski definition) is 8. The van der Waals surface area contributed by atoms with E-state index in [1.807, 2.05) is 12.1 Å². The molecular formula is C33H37N5O5. The molecule has 0 spiro atoms. The van der Waals surface area contributed by atoms with Crippen molar-refractivity contribution in [1.82, 2.24) is 20.1 Å². The maximum atomic E-state index is 13.0. The van der Waals surface area contributed by atoms with Crippen molar-refractivity contribution < 1.29 is 23.9 Å². The van der Waals surface area contributed by atoms with E-state index in [1.54, 1.807) is 18.1 Å². The number of pyridine rings is 1. The summed E-state index contributed by atoms with van der Waals surface area (Å²) in [6.45, 7) is 4.86. The minimum Gasteiger partial charge on any atom is -0.489 e. The molecule has 0 saturated carbocycles. The summed E-state index contributed by atoms with van der Waals surface area (Å²) in [6, 6.07) is 15.8. The molecule has 1 N–H and O–H groups in total. The van der Waals surface area contributed by atoms with E-state index in [9.17, 15) is 14.4 Å². The van der Waals surface area contributed by atoms with Crippen molar-refractivity contribution in [2.24, 2.45) is 0 Å². The van der Waals surface area contributed by atoms with Gasteiger partial charge in [-0.25, -0.2) is 4.98 Å². The van der Waals surface area contributed by atoms with Gasteiger partial charge in [0.1, 0.15) is 23.7 Å². The third kappa shape index (κ3) is 5.69. The molecule has 10 heteroatoms. The Morgan fingerprint density at radius 1 is 0.953 bits per heavy atom. The topological polar surface area (TPSA) is 104 Å². The number of rotatable bonds is 7. The van der Waals surface area contributed by atoms with Gasteiger partial charge in [0.2, 0.25) is 11.8 Å². The van der Waals surface area contributed by atoms with Crippen LogP contribution in [0.2, 0.25) is 0 Å². The molecule has 43 heavy (non-hydrogen) atoms. The van der Waals surface area contributed by atoms with Gasteiger partial charge >= 0.3 is 0 Å². The predicted molar refractivity (Wildman–Crippen MR) is 161 cm³/mol. The molecule has 224 valence electrons. The maximum absolute atomic E-state index is 13.0. The van der Waals surface area contributed by atoms with Crippen LogP contribution >= 0.6 is 0 Å². The monoisotopic (exact) mass is 583 g/mol. The van der Waals surface area contributed by atoms with Gasteiger partial charge in [-0.15, -0.1) is 0 Å². The number of anilines is 1. The van der Waals surface area contributed by atoms with E-state index in [0.29, 0.717) is 18.5 Å². The van der Waals surface area contributed by atoms with Crippen LogP contribution in [0, 0.1) is 0 Å². The van der Waals surface area contributed by atoms with Gasteiger partial charge in [0.15, 0.2) is 0 Å². The van der Waals surface area contributed by atoms with Crippen molar-refractivity contribution in [1.29, 1.82) is 0 Å². The zero-order valence-corrected chi connectivity index (χ0v) is 24.5. The number of fused-ring (bicyclic) bond motifs is 2. The molecule has 0 bridgehead atoms. The lowest BCUT2D eigenvalue weighted by molar-refractivity contribution is -0.136. The first-order valence-electron chi connectivity index (χ1n) is 15.3. The number of carbonyl (C=O) groups excluding carboxylic acids is 3. The number of hydrogen-bond donors (Lipinski definition) is 1. The predicted octanol–water partition coefficient (Wildman–Crippen LogP) is 3.26. The van der Waals surface area contributed by atoms with Crippen LogP contribution in [0.3, 0.4) is 0 Å². The zero-order chi connectivity index (χ0) is 29.5. The first-order chi connectivity index (χ1) is 20.9. The Hall–Kier alpha value is -4.02. The van der Waals surface area contributed by atoms with Crippen molar-refractivity contribution in [2.75, 3.05) is 38.2 Å². The highest BCUT2D eigenvalue weighted by Crippen LogP contribution is 2.31. The van der Waals surface area contributed by atoms with Crippen molar-refractivity contribution in [3.63, 3.8) is 0 Å². The summed E-state index contributed by atoms with van der Waals surface area (Å²) in [7, 11) is 1.79. The second-order valence-corrected chi connectivity index (χ2v) is 12.1. The normalized spacial score (nSPS) is 24.5. The molecular weight excluding hydrogens is 546 g/mol. The van der Waals surface area contributed by atoms with Crippen molar-refractivity contribution >= 4 is 34.4 Å². The minimum atomic E-state index is -0.614. The fraction of sp³-hybridized carbons (Fsp3) is 0.455. The van der Waals surface area contributed by atoms with E-state index in [1.165, 1.54) is 5.56 Å². The fourth-order valence-electron chi connectivity index (χ4n) is 6.89. The van der Waals surface area contributed by atoms with Gasteiger partial charge in [-0.05, 0) is 79.3 Å². The van der Waals surface area contributed by atoms with Crippen LogP contribution < -0.4 is 15.0 Å². The molecule has 0 radical (unpaired) electrons. The molecule has 2 aromatic carbocycles. The van der Waals surface area contributed by atoms with Crippen LogP contribution in [0.25, 0.3) is 10.9 Å². The summed E-state index contributed by atoms with van der Waals surface area (Å²) in [5.74, 6) is 0.900. The lowest BCUT2D eigenvalue weighted by atomic mass is 10.0. The van der Waals surface area contributed by atoms with Crippen LogP contribution in [0.4, 0.5) is 5.82 Å². The van der Waals surface area contributed by atoms with Gasteiger partial charge in [0.25, 0.3) is 5.91 Å². The Labute approximate surface area is 250 Å². The van der Waals surface area contributed by atoms with Gasteiger partial charge in [-0.3, -0.25) is 24.6 Å². The molecule has 3 amide bonds. The first kappa shape index (κ1) is 27.8. The van der Waals surface area contributed by atoms with Crippen LogP contribution in [-0.4, -0.2) is 84.0 Å². The van der Waals surface area contributed by atoms with Crippen molar-refractivity contribution in [3.8, 4) is 5.75 Å². The number of carbonyl (C=O) groups is 3. The highest BCUT2D eigenvalue weighted by Gasteiger charge is 2.39. The standard InChI is InChI=1S/C33H37N5O5/c1-42-25-3-2-13-37(20-25)30-10-5-22-15-21(4-8-28(22)34-30)17-36-14-12-26(19-36)43-24-6-7-27-23(16-24)18-38(33(27)41)29-9-11-31(39)35-32(29)40/h4-8,10,15-16,25-26,29H,2-3,9,11-14,17-20H2,1H3,(H,35,39,40)/t25-,26+,29?/m1/s1. The quantitative estimate of drug-likeness (QED) is 0.423. The lowest BCUT2D eigenvalue weighted by Gasteiger charge is -2.32. The fourth-order valence-corrected chi connectivity index (χ4v) is 6.89. The van der Waals surface area contributed by atoms with E-state index in [0.717, 1.165) is 80.0 Å². The summed E-state index contributed by atoms with van der Waals surface area (Å²) in [5.41, 5.74) is 3.71. The summed E-state index contributed by atoms with van der Waals surface area (Å²) < 4.78 is 11.9. The van der Waals surface area contributed by atoms with E-state index in [-0.39, 0.29) is 30.4 Å². The summed E-state index contributed by atoms with van der Waals surface area (Å²) >= 11 is 0. The van der Waals surface area contributed by atoms with E-state index >= 15 is 0 Å². The number of aromatic nitrogens is 1. The average Bonchev–Trinajstić information content (AvgIpc) is 3.59. The SMILES string of the molecule is CO[C@@H]1CCCN(c2ccc3cc(CN4CC[C@H](Oc5ccc6c(c5)CN(C5CCC(=O)NC5=O)C6=O)C4)ccc3n2)C1.